The van der Waals surface area contributed by atoms with E-state index in [-0.39, 0.29) is 12.0 Å². The molecule has 8 nitrogen and oxygen atoms in total. The number of nitrogens with two attached hydrogens (primary N) is 1. The number of aromatic amines is 1. The van der Waals surface area contributed by atoms with Gasteiger partial charge in [0.1, 0.15) is 17.6 Å². The quantitative estimate of drug-likeness (QED) is 0.536. The van der Waals surface area contributed by atoms with Gasteiger partial charge in [0, 0.05) is 37.7 Å². The molecular formula is C26H28N4O4. The van der Waals surface area contributed by atoms with Crippen LogP contribution in [0.15, 0.2) is 54.9 Å². The SMILES string of the molecule is NC(=O)c1cc(-c2cn[nH]c2)ccc1OC1CCN(C(=O)Cc2ccc(OC3CC3)cc2)CC1. The molecule has 176 valence electrons. The van der Waals surface area contributed by atoms with Crippen molar-refractivity contribution in [2.24, 2.45) is 5.73 Å². The van der Waals surface area contributed by atoms with E-state index in [2.05, 4.69) is 10.2 Å². The number of likely N-dealkylation sites (tertiary alicyclic amines) is 1. The lowest BCUT2D eigenvalue weighted by atomic mass is 10.0. The van der Waals surface area contributed by atoms with Gasteiger partial charge in [0.05, 0.1) is 24.3 Å². The highest BCUT2D eigenvalue weighted by molar-refractivity contribution is 5.97. The summed E-state index contributed by atoms with van der Waals surface area (Å²) in [5, 5.41) is 6.70. The zero-order valence-electron chi connectivity index (χ0n) is 18.9. The highest BCUT2D eigenvalue weighted by Crippen LogP contribution is 2.29. The van der Waals surface area contributed by atoms with E-state index in [1.54, 1.807) is 24.5 Å². The van der Waals surface area contributed by atoms with E-state index in [0.717, 1.165) is 35.3 Å². The molecule has 0 unspecified atom stereocenters. The lowest BCUT2D eigenvalue weighted by molar-refractivity contribution is -0.132. The summed E-state index contributed by atoms with van der Waals surface area (Å²) in [5.41, 5.74) is 8.63. The number of benzene rings is 2. The van der Waals surface area contributed by atoms with E-state index < -0.39 is 5.91 Å². The molecule has 2 fully saturated rings. The Balaban J connectivity index is 1.15. The number of rotatable bonds is 8. The summed E-state index contributed by atoms with van der Waals surface area (Å²) < 4.78 is 11.9. The van der Waals surface area contributed by atoms with Crippen LogP contribution in [0.3, 0.4) is 0 Å². The first-order chi connectivity index (χ1) is 16.5. The van der Waals surface area contributed by atoms with E-state index in [9.17, 15) is 9.59 Å². The number of piperidine rings is 1. The molecule has 0 atom stereocenters. The molecule has 2 aliphatic rings. The van der Waals surface area contributed by atoms with Gasteiger partial charge in [0.25, 0.3) is 5.91 Å². The van der Waals surface area contributed by atoms with Crippen molar-refractivity contribution in [1.29, 1.82) is 0 Å². The van der Waals surface area contributed by atoms with Crippen molar-refractivity contribution in [3.63, 3.8) is 0 Å². The predicted octanol–water partition coefficient (Wildman–Crippen LogP) is 3.33. The summed E-state index contributed by atoms with van der Waals surface area (Å²) in [7, 11) is 0. The molecule has 1 saturated carbocycles. The molecule has 8 heteroatoms. The van der Waals surface area contributed by atoms with E-state index in [4.69, 9.17) is 15.2 Å². The molecule has 2 aromatic carbocycles. The Morgan fingerprint density at radius 3 is 2.35 bits per heavy atom. The van der Waals surface area contributed by atoms with E-state index >= 15 is 0 Å². The Hall–Kier alpha value is -3.81. The summed E-state index contributed by atoms with van der Waals surface area (Å²) in [5.74, 6) is 0.904. The molecule has 34 heavy (non-hydrogen) atoms. The van der Waals surface area contributed by atoms with Crippen LogP contribution in [0.25, 0.3) is 11.1 Å². The van der Waals surface area contributed by atoms with Gasteiger partial charge in [-0.15, -0.1) is 0 Å². The van der Waals surface area contributed by atoms with Gasteiger partial charge in [-0.2, -0.15) is 5.10 Å². The van der Waals surface area contributed by atoms with Crippen LogP contribution >= 0.6 is 0 Å². The van der Waals surface area contributed by atoms with Crippen molar-refractivity contribution in [3.8, 4) is 22.6 Å². The Kier molecular flexibility index (Phi) is 6.20. The van der Waals surface area contributed by atoms with Crippen LogP contribution in [-0.4, -0.2) is 52.2 Å². The molecule has 2 heterocycles. The summed E-state index contributed by atoms with van der Waals surface area (Å²) in [4.78, 5) is 26.7. The zero-order valence-corrected chi connectivity index (χ0v) is 18.9. The van der Waals surface area contributed by atoms with Crippen LogP contribution in [0.4, 0.5) is 0 Å². The maximum atomic E-state index is 12.8. The number of primary amides is 1. The topological polar surface area (TPSA) is 111 Å². The highest BCUT2D eigenvalue weighted by atomic mass is 16.5. The van der Waals surface area contributed by atoms with Crippen molar-refractivity contribution in [2.45, 2.75) is 44.3 Å². The first kappa shape index (κ1) is 22.0. The summed E-state index contributed by atoms with van der Waals surface area (Å²) in [6.45, 7) is 1.23. The number of H-pyrrole nitrogens is 1. The number of carbonyl (C=O) groups is 2. The van der Waals surface area contributed by atoms with Gasteiger partial charge in [-0.25, -0.2) is 0 Å². The van der Waals surface area contributed by atoms with Gasteiger partial charge in [-0.05, 0) is 48.2 Å². The van der Waals surface area contributed by atoms with Crippen LogP contribution in [0.1, 0.15) is 41.6 Å². The number of amides is 2. The van der Waals surface area contributed by atoms with Crippen LogP contribution in [0.5, 0.6) is 11.5 Å². The average molecular weight is 461 g/mol. The fourth-order valence-corrected chi connectivity index (χ4v) is 4.17. The molecule has 3 aromatic rings. The average Bonchev–Trinajstić information content (AvgIpc) is 3.49. The summed E-state index contributed by atoms with van der Waals surface area (Å²) in [6, 6.07) is 13.2. The van der Waals surface area contributed by atoms with E-state index in [1.807, 2.05) is 35.2 Å². The van der Waals surface area contributed by atoms with Crippen molar-refractivity contribution >= 4 is 11.8 Å². The number of carbonyl (C=O) groups excluding carboxylic acids is 2. The van der Waals surface area contributed by atoms with Crippen molar-refractivity contribution in [1.82, 2.24) is 15.1 Å². The predicted molar refractivity (Wildman–Crippen MR) is 127 cm³/mol. The maximum absolute atomic E-state index is 12.8. The third-order valence-electron chi connectivity index (χ3n) is 6.27. The standard InChI is InChI=1S/C26H28N4O4/c27-26(32)23-14-18(19-15-28-29-16-19)3-8-24(23)34-22-9-11-30(12-10-22)25(31)13-17-1-4-20(5-2-17)33-21-6-7-21/h1-5,8,14-16,21-22H,6-7,9-13H2,(H2,27,32)(H,28,29). The summed E-state index contributed by atoms with van der Waals surface area (Å²) in [6.07, 6.45) is 7.73. The van der Waals surface area contributed by atoms with Crippen LogP contribution in [-0.2, 0) is 11.2 Å². The molecule has 5 rings (SSSR count). The number of nitrogens with zero attached hydrogens (tertiary/aromatic N) is 2. The fraction of sp³-hybridized carbons (Fsp3) is 0.346. The summed E-state index contributed by atoms with van der Waals surface area (Å²) >= 11 is 0. The molecule has 0 spiro atoms. The fourth-order valence-electron chi connectivity index (χ4n) is 4.17. The maximum Gasteiger partial charge on any atom is 0.252 e. The number of ether oxygens (including phenoxy) is 2. The van der Waals surface area contributed by atoms with Crippen LogP contribution in [0, 0.1) is 0 Å². The van der Waals surface area contributed by atoms with Crippen LogP contribution < -0.4 is 15.2 Å². The van der Waals surface area contributed by atoms with Gasteiger partial charge in [0.2, 0.25) is 5.91 Å². The van der Waals surface area contributed by atoms with Gasteiger partial charge in [-0.3, -0.25) is 14.7 Å². The van der Waals surface area contributed by atoms with Crippen molar-refractivity contribution in [2.75, 3.05) is 13.1 Å². The third kappa shape index (κ3) is 5.22. The lowest BCUT2D eigenvalue weighted by Crippen LogP contribution is -2.42. The Bertz CT molecular complexity index is 1150. The second kappa shape index (κ2) is 9.59. The minimum absolute atomic E-state index is 0.0826. The first-order valence-electron chi connectivity index (χ1n) is 11.7. The van der Waals surface area contributed by atoms with Crippen molar-refractivity contribution in [3.05, 3.63) is 66.0 Å². The van der Waals surface area contributed by atoms with Gasteiger partial charge >= 0.3 is 0 Å². The largest absolute Gasteiger partial charge is 0.490 e. The third-order valence-corrected chi connectivity index (χ3v) is 6.27. The molecular weight excluding hydrogens is 432 g/mol. The second-order valence-corrected chi connectivity index (χ2v) is 8.90. The number of aromatic nitrogens is 2. The van der Waals surface area contributed by atoms with Gasteiger partial charge < -0.3 is 20.1 Å². The lowest BCUT2D eigenvalue weighted by Gasteiger charge is -2.32. The minimum Gasteiger partial charge on any atom is -0.490 e. The van der Waals surface area contributed by atoms with Gasteiger partial charge in [0.15, 0.2) is 0 Å². The molecule has 3 N–H and O–H groups in total. The number of hydrogen-bond acceptors (Lipinski definition) is 5. The Morgan fingerprint density at radius 1 is 0.971 bits per heavy atom. The number of hydrogen-bond donors (Lipinski definition) is 2. The molecule has 0 radical (unpaired) electrons. The Morgan fingerprint density at radius 2 is 1.71 bits per heavy atom. The molecule has 0 bridgehead atoms. The monoisotopic (exact) mass is 460 g/mol. The molecule has 2 amide bonds. The van der Waals surface area contributed by atoms with E-state index in [0.29, 0.717) is 49.8 Å². The zero-order chi connectivity index (χ0) is 23.5. The molecule has 1 aromatic heterocycles. The normalized spacial score (nSPS) is 16.3. The van der Waals surface area contributed by atoms with Crippen molar-refractivity contribution < 1.29 is 19.1 Å². The molecule has 1 aliphatic carbocycles. The van der Waals surface area contributed by atoms with E-state index in [1.165, 1.54) is 0 Å². The smallest absolute Gasteiger partial charge is 0.252 e. The van der Waals surface area contributed by atoms with Gasteiger partial charge in [-0.1, -0.05) is 18.2 Å². The highest BCUT2D eigenvalue weighted by Gasteiger charge is 2.26. The second-order valence-electron chi connectivity index (χ2n) is 8.90. The van der Waals surface area contributed by atoms with Crippen LogP contribution in [0.2, 0.25) is 0 Å². The molecule has 1 saturated heterocycles. The minimum atomic E-state index is -0.540. The number of nitrogens with one attached hydrogen (secondary N) is 1. The Labute approximate surface area is 198 Å². The first-order valence-corrected chi connectivity index (χ1v) is 11.7. The molecule has 1 aliphatic heterocycles.